The molecule has 0 bridgehead atoms. The molecule has 0 saturated heterocycles. The SMILES string of the molecule is Cc1cccc2c1-c1cc3sc4ccccc4c3cc1C21c2ccccc2C2(c3ccccc3-c3ccccc32)c2ccccc21. The van der Waals surface area contributed by atoms with Gasteiger partial charge in [0.2, 0.25) is 0 Å². The molecule has 46 heavy (non-hydrogen) atoms. The third kappa shape index (κ3) is 2.67. The molecule has 0 N–H and O–H groups in total. The fourth-order valence-electron chi connectivity index (χ4n) is 9.73. The predicted octanol–water partition coefficient (Wildman–Crippen LogP) is 11.4. The second-order valence-electron chi connectivity index (χ2n) is 13.2. The Morgan fingerprint density at radius 1 is 0.370 bits per heavy atom. The van der Waals surface area contributed by atoms with E-state index in [1.807, 2.05) is 11.3 Å². The summed E-state index contributed by atoms with van der Waals surface area (Å²) in [4.78, 5) is 0. The molecule has 0 radical (unpaired) electrons. The van der Waals surface area contributed by atoms with Crippen LogP contribution in [0.4, 0.5) is 0 Å². The summed E-state index contributed by atoms with van der Waals surface area (Å²) in [6, 6.07) is 58.0. The van der Waals surface area contributed by atoms with E-state index >= 15 is 0 Å². The highest BCUT2D eigenvalue weighted by molar-refractivity contribution is 7.25. The van der Waals surface area contributed by atoms with Crippen molar-refractivity contribution in [3.8, 4) is 22.3 Å². The minimum Gasteiger partial charge on any atom is -0.135 e. The van der Waals surface area contributed by atoms with Gasteiger partial charge >= 0.3 is 0 Å². The first kappa shape index (κ1) is 25.0. The maximum atomic E-state index is 2.56. The molecule has 2 spiro atoms. The Morgan fingerprint density at radius 2 is 0.870 bits per heavy atom. The number of benzene rings is 7. The van der Waals surface area contributed by atoms with Crippen LogP contribution in [0.3, 0.4) is 0 Å². The smallest absolute Gasteiger partial charge is 0.0720 e. The van der Waals surface area contributed by atoms with Crippen LogP contribution in [-0.4, -0.2) is 0 Å². The van der Waals surface area contributed by atoms with E-state index in [1.165, 1.54) is 92.5 Å². The van der Waals surface area contributed by atoms with E-state index in [1.54, 1.807) is 0 Å². The Morgan fingerprint density at radius 3 is 1.50 bits per heavy atom. The van der Waals surface area contributed by atoms with Crippen LogP contribution >= 0.6 is 11.3 Å². The first-order valence-electron chi connectivity index (χ1n) is 16.2. The van der Waals surface area contributed by atoms with Crippen molar-refractivity contribution in [2.45, 2.75) is 17.8 Å². The van der Waals surface area contributed by atoms with Gasteiger partial charge < -0.3 is 0 Å². The van der Waals surface area contributed by atoms with E-state index < -0.39 is 10.8 Å². The van der Waals surface area contributed by atoms with Crippen molar-refractivity contribution in [2.75, 3.05) is 0 Å². The third-order valence-corrected chi connectivity index (χ3v) is 12.4. The molecule has 0 unspecified atom stereocenters. The number of hydrogen-bond donors (Lipinski definition) is 0. The van der Waals surface area contributed by atoms with Gasteiger partial charge in [-0.15, -0.1) is 11.3 Å². The molecular formula is C45H28S. The van der Waals surface area contributed by atoms with Crippen molar-refractivity contribution < 1.29 is 0 Å². The zero-order valence-corrected chi connectivity index (χ0v) is 26.2. The Bertz CT molecular complexity index is 2520. The summed E-state index contributed by atoms with van der Waals surface area (Å²) in [5, 5.41) is 2.71. The van der Waals surface area contributed by atoms with Gasteiger partial charge in [-0.05, 0) is 97.4 Å². The van der Waals surface area contributed by atoms with Crippen molar-refractivity contribution in [3.63, 3.8) is 0 Å². The Kier molecular flexibility index (Phi) is 4.63. The monoisotopic (exact) mass is 600 g/mol. The van der Waals surface area contributed by atoms with Crippen LogP contribution in [0.2, 0.25) is 0 Å². The number of hydrogen-bond acceptors (Lipinski definition) is 1. The summed E-state index contributed by atoms with van der Waals surface area (Å²) in [6.07, 6.45) is 0. The lowest BCUT2D eigenvalue weighted by atomic mass is 9.52. The predicted molar refractivity (Wildman–Crippen MR) is 192 cm³/mol. The van der Waals surface area contributed by atoms with E-state index in [-0.39, 0.29) is 0 Å². The summed E-state index contributed by atoms with van der Waals surface area (Å²) in [6.45, 7) is 2.29. The molecule has 0 saturated carbocycles. The molecule has 1 heterocycles. The summed E-state index contributed by atoms with van der Waals surface area (Å²) in [7, 11) is 0. The molecule has 214 valence electrons. The van der Waals surface area contributed by atoms with Crippen molar-refractivity contribution in [1.82, 2.24) is 0 Å². The fraction of sp³-hybridized carbons (Fsp3) is 0.0667. The van der Waals surface area contributed by atoms with Crippen LogP contribution in [0.1, 0.15) is 50.1 Å². The molecule has 0 fully saturated rings. The zero-order valence-electron chi connectivity index (χ0n) is 25.3. The molecule has 7 aromatic carbocycles. The molecule has 3 aliphatic carbocycles. The lowest BCUT2D eigenvalue weighted by molar-refractivity contribution is 0.633. The summed E-state index contributed by atoms with van der Waals surface area (Å²) in [5.41, 5.74) is 17.1. The molecule has 0 atom stereocenters. The summed E-state index contributed by atoms with van der Waals surface area (Å²) in [5.74, 6) is 0. The standard InChI is InChI=1S/C45H28S/c1-27-13-12-23-39-43(27)32-26-42-31(30-16-4-11-24-41(30)46-42)25-40(32)45(39)37-21-9-7-19-35(37)44(36-20-8-10-22-38(36)45)33-17-5-2-14-28(33)29-15-3-6-18-34(29)44/h2-26H,1H3. The first-order valence-corrected chi connectivity index (χ1v) is 17.0. The highest BCUT2D eigenvalue weighted by Crippen LogP contribution is 2.68. The second kappa shape index (κ2) is 8.51. The summed E-state index contributed by atoms with van der Waals surface area (Å²) >= 11 is 1.91. The molecule has 0 aliphatic heterocycles. The quantitative estimate of drug-likeness (QED) is 0.162. The van der Waals surface area contributed by atoms with Crippen LogP contribution in [0.15, 0.2) is 152 Å². The molecule has 1 aromatic heterocycles. The van der Waals surface area contributed by atoms with Gasteiger partial charge in [-0.25, -0.2) is 0 Å². The van der Waals surface area contributed by atoms with E-state index in [0.717, 1.165) is 0 Å². The van der Waals surface area contributed by atoms with Crippen molar-refractivity contribution in [3.05, 3.63) is 202 Å². The van der Waals surface area contributed by atoms with Crippen LogP contribution in [0.25, 0.3) is 42.4 Å². The molecular weight excluding hydrogens is 573 g/mol. The zero-order chi connectivity index (χ0) is 30.2. The molecule has 8 aromatic rings. The highest BCUT2D eigenvalue weighted by Gasteiger charge is 2.59. The van der Waals surface area contributed by atoms with Gasteiger partial charge in [0.05, 0.1) is 10.8 Å². The van der Waals surface area contributed by atoms with E-state index in [9.17, 15) is 0 Å². The topological polar surface area (TPSA) is 0 Å². The van der Waals surface area contributed by atoms with Gasteiger partial charge in [-0.3, -0.25) is 0 Å². The third-order valence-electron chi connectivity index (χ3n) is 11.3. The van der Waals surface area contributed by atoms with Gasteiger partial charge in [0.25, 0.3) is 0 Å². The molecule has 0 nitrogen and oxygen atoms in total. The van der Waals surface area contributed by atoms with Gasteiger partial charge in [-0.2, -0.15) is 0 Å². The largest absolute Gasteiger partial charge is 0.135 e. The van der Waals surface area contributed by atoms with Gasteiger partial charge in [0.1, 0.15) is 0 Å². The minimum atomic E-state index is -0.446. The molecule has 3 aliphatic rings. The van der Waals surface area contributed by atoms with E-state index in [0.29, 0.717) is 0 Å². The maximum Gasteiger partial charge on any atom is 0.0720 e. The summed E-state index contributed by atoms with van der Waals surface area (Å²) < 4.78 is 2.71. The van der Waals surface area contributed by atoms with Crippen LogP contribution in [0, 0.1) is 6.92 Å². The number of rotatable bonds is 0. The second-order valence-corrected chi connectivity index (χ2v) is 14.3. The molecule has 11 rings (SSSR count). The average Bonchev–Trinajstić information content (AvgIpc) is 3.72. The van der Waals surface area contributed by atoms with Crippen molar-refractivity contribution in [2.24, 2.45) is 0 Å². The highest BCUT2D eigenvalue weighted by atomic mass is 32.1. The molecule has 0 amide bonds. The number of aryl methyl sites for hydroxylation is 1. The van der Waals surface area contributed by atoms with E-state index in [4.69, 9.17) is 0 Å². The van der Waals surface area contributed by atoms with Gasteiger partial charge in [-0.1, -0.05) is 133 Å². The fourth-order valence-corrected chi connectivity index (χ4v) is 10.9. The lowest BCUT2D eigenvalue weighted by Gasteiger charge is -2.48. The van der Waals surface area contributed by atoms with Gasteiger partial charge in [0.15, 0.2) is 0 Å². The van der Waals surface area contributed by atoms with Crippen molar-refractivity contribution in [1.29, 1.82) is 0 Å². The number of thiophene rings is 1. The van der Waals surface area contributed by atoms with Gasteiger partial charge in [0, 0.05) is 20.2 Å². The van der Waals surface area contributed by atoms with Crippen LogP contribution in [0.5, 0.6) is 0 Å². The van der Waals surface area contributed by atoms with E-state index in [2.05, 4.69) is 159 Å². The van der Waals surface area contributed by atoms with Crippen LogP contribution in [-0.2, 0) is 10.8 Å². The average molecular weight is 601 g/mol. The first-order chi connectivity index (χ1) is 22.7. The Balaban J connectivity index is 1.37. The van der Waals surface area contributed by atoms with Crippen molar-refractivity contribution >= 4 is 31.5 Å². The van der Waals surface area contributed by atoms with Crippen LogP contribution < -0.4 is 0 Å². The Hall–Kier alpha value is -5.24. The minimum absolute atomic E-state index is 0.405. The lowest BCUT2D eigenvalue weighted by Crippen LogP contribution is -2.43. The number of fused-ring (bicyclic) bond motifs is 19. The maximum absolute atomic E-state index is 2.56. The Labute approximate surface area is 272 Å². The molecule has 1 heteroatoms. The normalized spacial score (nSPS) is 15.4.